The fourth-order valence-corrected chi connectivity index (χ4v) is 2.89. The molecule has 0 saturated carbocycles. The molecule has 1 unspecified atom stereocenters. The maximum absolute atomic E-state index is 12.8. The lowest BCUT2D eigenvalue weighted by Gasteiger charge is -2.18. The van der Waals surface area contributed by atoms with E-state index < -0.39 is 12.1 Å². The summed E-state index contributed by atoms with van der Waals surface area (Å²) in [4.78, 5) is 24.5. The molecule has 2 amide bonds. The van der Waals surface area contributed by atoms with Gasteiger partial charge in [0, 0.05) is 30.6 Å². The summed E-state index contributed by atoms with van der Waals surface area (Å²) in [6, 6.07) is 16.4. The number of hydrogen-bond donors (Lipinski definition) is 2. The molecule has 0 spiro atoms. The number of alkyl carbamates (subject to hydrolysis) is 1. The van der Waals surface area contributed by atoms with Crippen molar-refractivity contribution in [3.8, 4) is 0 Å². The maximum Gasteiger partial charge on any atom is 0.407 e. The number of carbonyl (C=O) groups is 2. The summed E-state index contributed by atoms with van der Waals surface area (Å²) in [5.41, 5.74) is 2.67. The molecule has 134 valence electrons. The van der Waals surface area contributed by atoms with Crippen molar-refractivity contribution in [1.29, 1.82) is 0 Å². The molecule has 6 heteroatoms. The van der Waals surface area contributed by atoms with Crippen LogP contribution in [0.25, 0.3) is 10.9 Å². The van der Waals surface area contributed by atoms with Gasteiger partial charge in [-0.15, -0.1) is 0 Å². The van der Waals surface area contributed by atoms with Crippen molar-refractivity contribution in [3.63, 3.8) is 0 Å². The van der Waals surface area contributed by atoms with Gasteiger partial charge in [-0.05, 0) is 23.8 Å². The molecule has 0 aliphatic rings. The minimum atomic E-state index is -0.746. The zero-order valence-corrected chi connectivity index (χ0v) is 14.7. The predicted molar refractivity (Wildman–Crippen MR) is 101 cm³/mol. The Morgan fingerprint density at radius 3 is 2.58 bits per heavy atom. The van der Waals surface area contributed by atoms with E-state index in [0.29, 0.717) is 12.1 Å². The highest BCUT2D eigenvalue weighted by atomic mass is 16.5. The lowest BCUT2D eigenvalue weighted by atomic mass is 10.1. The Balaban J connectivity index is 1.83. The van der Waals surface area contributed by atoms with Crippen molar-refractivity contribution in [1.82, 2.24) is 9.88 Å². The summed E-state index contributed by atoms with van der Waals surface area (Å²) in [5.74, 6) is -0.296. The summed E-state index contributed by atoms with van der Waals surface area (Å²) in [7, 11) is 3.22. The van der Waals surface area contributed by atoms with E-state index in [2.05, 4.69) is 15.4 Å². The first-order valence-electron chi connectivity index (χ1n) is 8.32. The number of methoxy groups -OCH3 is 1. The number of ether oxygens (including phenoxy) is 1. The SMILES string of the molecule is COC(=O)NC(Cc1ccccc1)C(=O)Nc1cccc2c1ccn2C. The van der Waals surface area contributed by atoms with Gasteiger partial charge < -0.3 is 19.9 Å². The van der Waals surface area contributed by atoms with Crippen LogP contribution in [0.3, 0.4) is 0 Å². The molecule has 26 heavy (non-hydrogen) atoms. The standard InChI is InChI=1S/C20H21N3O3/c1-23-12-11-15-16(9-6-10-18(15)23)21-19(24)17(22-20(25)26-2)13-14-7-4-3-5-8-14/h3-12,17H,13H2,1-2H3,(H,21,24)(H,22,25). The molecule has 3 rings (SSSR count). The number of carbonyl (C=O) groups excluding carboxylic acids is 2. The molecule has 6 nitrogen and oxygen atoms in total. The number of rotatable bonds is 5. The molecule has 0 radical (unpaired) electrons. The lowest BCUT2D eigenvalue weighted by Crippen LogP contribution is -2.45. The molecule has 0 aliphatic heterocycles. The summed E-state index contributed by atoms with van der Waals surface area (Å²) >= 11 is 0. The molecule has 0 saturated heterocycles. The van der Waals surface area contributed by atoms with E-state index in [-0.39, 0.29) is 5.91 Å². The molecule has 2 N–H and O–H groups in total. The van der Waals surface area contributed by atoms with E-state index in [1.54, 1.807) is 0 Å². The Morgan fingerprint density at radius 1 is 1.08 bits per heavy atom. The molecule has 0 fully saturated rings. The summed E-state index contributed by atoms with van der Waals surface area (Å²) in [6.07, 6.45) is 1.67. The van der Waals surface area contributed by atoms with Gasteiger partial charge in [0.1, 0.15) is 6.04 Å². The van der Waals surface area contributed by atoms with Crippen LogP contribution in [-0.4, -0.2) is 29.7 Å². The number of hydrogen-bond acceptors (Lipinski definition) is 3. The molecule has 1 aromatic heterocycles. The molecular formula is C20H21N3O3. The number of anilines is 1. The molecule has 1 atom stereocenters. The van der Waals surface area contributed by atoms with Crippen LogP contribution in [0.2, 0.25) is 0 Å². The van der Waals surface area contributed by atoms with Crippen molar-refractivity contribution in [2.24, 2.45) is 7.05 Å². The van der Waals surface area contributed by atoms with Gasteiger partial charge in [-0.2, -0.15) is 0 Å². The normalized spacial score (nSPS) is 11.8. The van der Waals surface area contributed by atoms with Crippen LogP contribution >= 0.6 is 0 Å². The van der Waals surface area contributed by atoms with Crippen LogP contribution < -0.4 is 10.6 Å². The third-order valence-corrected chi connectivity index (χ3v) is 4.26. The quantitative estimate of drug-likeness (QED) is 0.742. The van der Waals surface area contributed by atoms with E-state index in [1.807, 2.05) is 72.4 Å². The predicted octanol–water partition coefficient (Wildman–Crippen LogP) is 3.08. The van der Waals surface area contributed by atoms with E-state index in [1.165, 1.54) is 7.11 Å². The number of aromatic nitrogens is 1. The van der Waals surface area contributed by atoms with E-state index in [9.17, 15) is 9.59 Å². The maximum atomic E-state index is 12.8. The monoisotopic (exact) mass is 351 g/mol. The summed E-state index contributed by atoms with van der Waals surface area (Å²) < 4.78 is 6.64. The second-order valence-corrected chi connectivity index (χ2v) is 6.03. The van der Waals surface area contributed by atoms with Crippen LogP contribution in [0.4, 0.5) is 10.5 Å². The van der Waals surface area contributed by atoms with Crippen LogP contribution in [0.1, 0.15) is 5.56 Å². The van der Waals surface area contributed by atoms with Gasteiger partial charge >= 0.3 is 6.09 Å². The van der Waals surface area contributed by atoms with Gasteiger partial charge in [0.25, 0.3) is 0 Å². The summed E-state index contributed by atoms with van der Waals surface area (Å²) in [6.45, 7) is 0. The second-order valence-electron chi connectivity index (χ2n) is 6.03. The van der Waals surface area contributed by atoms with Gasteiger partial charge in [0.05, 0.1) is 12.8 Å². The van der Waals surface area contributed by atoms with Crippen molar-refractivity contribution in [2.75, 3.05) is 12.4 Å². The van der Waals surface area contributed by atoms with Gasteiger partial charge in [0.15, 0.2) is 0 Å². The zero-order valence-electron chi connectivity index (χ0n) is 14.7. The highest BCUT2D eigenvalue weighted by Gasteiger charge is 2.22. The highest BCUT2D eigenvalue weighted by Crippen LogP contribution is 2.24. The van der Waals surface area contributed by atoms with Gasteiger partial charge in [-0.25, -0.2) is 4.79 Å². The van der Waals surface area contributed by atoms with Crippen LogP contribution in [0.15, 0.2) is 60.8 Å². The Kier molecular flexibility index (Phi) is 5.22. The van der Waals surface area contributed by atoms with Crippen molar-refractivity contribution in [3.05, 3.63) is 66.4 Å². The number of benzene rings is 2. The Bertz CT molecular complexity index is 918. The number of nitrogens with one attached hydrogen (secondary N) is 2. The van der Waals surface area contributed by atoms with Gasteiger partial charge in [-0.1, -0.05) is 36.4 Å². The largest absolute Gasteiger partial charge is 0.453 e. The van der Waals surface area contributed by atoms with Crippen molar-refractivity contribution in [2.45, 2.75) is 12.5 Å². The fourth-order valence-electron chi connectivity index (χ4n) is 2.89. The van der Waals surface area contributed by atoms with Gasteiger partial charge in [-0.3, -0.25) is 4.79 Å². The highest BCUT2D eigenvalue weighted by molar-refractivity contribution is 6.04. The average molecular weight is 351 g/mol. The summed E-state index contributed by atoms with van der Waals surface area (Å²) in [5, 5.41) is 6.48. The Hall–Kier alpha value is -3.28. The smallest absolute Gasteiger partial charge is 0.407 e. The topological polar surface area (TPSA) is 72.4 Å². The molecule has 0 aliphatic carbocycles. The van der Waals surface area contributed by atoms with Gasteiger partial charge in [0.2, 0.25) is 5.91 Å². The van der Waals surface area contributed by atoms with E-state index in [0.717, 1.165) is 16.5 Å². The average Bonchev–Trinajstić information content (AvgIpc) is 3.04. The fraction of sp³-hybridized carbons (Fsp3) is 0.200. The Morgan fingerprint density at radius 2 is 1.85 bits per heavy atom. The van der Waals surface area contributed by atoms with E-state index in [4.69, 9.17) is 0 Å². The van der Waals surface area contributed by atoms with E-state index >= 15 is 0 Å². The third-order valence-electron chi connectivity index (χ3n) is 4.26. The molecule has 1 heterocycles. The second kappa shape index (κ2) is 7.74. The number of fused-ring (bicyclic) bond motifs is 1. The minimum absolute atomic E-state index is 0.296. The zero-order chi connectivity index (χ0) is 18.5. The molecular weight excluding hydrogens is 330 g/mol. The van der Waals surface area contributed by atoms with Crippen molar-refractivity contribution < 1.29 is 14.3 Å². The van der Waals surface area contributed by atoms with Crippen LogP contribution in [0.5, 0.6) is 0 Å². The molecule has 2 aromatic carbocycles. The minimum Gasteiger partial charge on any atom is -0.453 e. The first-order valence-corrected chi connectivity index (χ1v) is 8.32. The first kappa shape index (κ1) is 17.5. The third kappa shape index (κ3) is 3.85. The first-order chi connectivity index (χ1) is 12.6. The number of amides is 2. The molecule has 3 aromatic rings. The molecule has 0 bridgehead atoms. The lowest BCUT2D eigenvalue weighted by molar-refractivity contribution is -0.118. The Labute approximate surface area is 151 Å². The number of nitrogens with zero attached hydrogens (tertiary/aromatic N) is 1. The number of aryl methyl sites for hydroxylation is 1. The van der Waals surface area contributed by atoms with Crippen LogP contribution in [-0.2, 0) is 23.0 Å². The van der Waals surface area contributed by atoms with Crippen molar-refractivity contribution >= 4 is 28.6 Å². The van der Waals surface area contributed by atoms with Crippen LogP contribution in [0, 0.1) is 0 Å².